The van der Waals surface area contributed by atoms with Gasteiger partial charge in [0.15, 0.2) is 9.84 Å². The molecule has 0 saturated heterocycles. The molecule has 7 heteroatoms. The number of hydrogen-bond acceptors (Lipinski definition) is 5. The van der Waals surface area contributed by atoms with Crippen LogP contribution in [-0.4, -0.2) is 36.2 Å². The third-order valence-electron chi connectivity index (χ3n) is 2.39. The lowest BCUT2D eigenvalue weighted by Gasteiger charge is -2.07. The first-order chi connectivity index (χ1) is 8.86. The van der Waals surface area contributed by atoms with Crippen LogP contribution in [0.4, 0.5) is 0 Å². The van der Waals surface area contributed by atoms with E-state index in [4.69, 9.17) is 10.4 Å². The predicted molar refractivity (Wildman–Crippen MR) is 72.8 cm³/mol. The molecule has 5 nitrogen and oxygen atoms in total. The van der Waals surface area contributed by atoms with Crippen LogP contribution in [0.2, 0.25) is 0 Å². The highest BCUT2D eigenvalue weighted by atomic mass is 32.2. The Kier molecular flexibility index (Phi) is 5.39. The molecule has 102 valence electrons. The summed E-state index contributed by atoms with van der Waals surface area (Å²) in [5.74, 6) is -0.912. The van der Waals surface area contributed by atoms with Gasteiger partial charge in [-0.05, 0) is 25.1 Å². The fraction of sp³-hybridized carbons (Fsp3) is 0.333. The van der Waals surface area contributed by atoms with E-state index in [2.05, 4.69) is 0 Å². The van der Waals surface area contributed by atoms with E-state index in [9.17, 15) is 13.2 Å². The number of hydrogen-bond donors (Lipinski definition) is 1. The van der Waals surface area contributed by atoms with Crippen LogP contribution in [0.1, 0.15) is 12.5 Å². The highest BCUT2D eigenvalue weighted by molar-refractivity contribution is 8.01. The first-order valence-corrected chi connectivity index (χ1v) is 8.14. The van der Waals surface area contributed by atoms with E-state index in [1.807, 2.05) is 6.07 Å². The van der Waals surface area contributed by atoms with E-state index in [0.29, 0.717) is 0 Å². The second-order valence-corrected chi connectivity index (χ2v) is 7.37. The molecule has 0 heterocycles. The van der Waals surface area contributed by atoms with Crippen LogP contribution in [0.15, 0.2) is 29.2 Å². The number of carboxylic acid groups (broad SMARTS) is 1. The number of carboxylic acids is 1. The Hall–Kier alpha value is -1.52. The van der Waals surface area contributed by atoms with Gasteiger partial charge in [-0.1, -0.05) is 6.07 Å². The zero-order chi connectivity index (χ0) is 14.5. The van der Waals surface area contributed by atoms with Gasteiger partial charge in [-0.3, -0.25) is 4.79 Å². The van der Waals surface area contributed by atoms with E-state index < -0.39 is 21.1 Å². The second kappa shape index (κ2) is 6.59. The van der Waals surface area contributed by atoms with Crippen molar-refractivity contribution in [1.29, 1.82) is 5.26 Å². The Balaban J connectivity index is 2.71. The number of carbonyl (C=O) groups is 1. The van der Waals surface area contributed by atoms with Gasteiger partial charge in [-0.2, -0.15) is 5.26 Å². The Morgan fingerprint density at radius 2 is 2.21 bits per heavy atom. The fourth-order valence-electron chi connectivity index (χ4n) is 1.28. The standard InChI is InChI=1S/C12H13NO4S2/c1-9(12(14)15)18-5-6-19(16,17)11-4-2-3-10(7-11)8-13/h2-4,7,9H,5-6H2,1H3,(H,14,15). The molecule has 0 aliphatic heterocycles. The van der Waals surface area contributed by atoms with Gasteiger partial charge in [0, 0.05) is 5.75 Å². The van der Waals surface area contributed by atoms with Crippen molar-refractivity contribution in [2.75, 3.05) is 11.5 Å². The Morgan fingerprint density at radius 1 is 1.53 bits per heavy atom. The Labute approximate surface area is 116 Å². The predicted octanol–water partition coefficient (Wildman–Crippen LogP) is 1.54. The number of nitriles is 1. The van der Waals surface area contributed by atoms with Crippen molar-refractivity contribution in [3.05, 3.63) is 29.8 Å². The minimum absolute atomic E-state index is 0.0927. The summed E-state index contributed by atoms with van der Waals surface area (Å²) in [6, 6.07) is 7.67. The summed E-state index contributed by atoms with van der Waals surface area (Å²) in [4.78, 5) is 10.7. The minimum Gasteiger partial charge on any atom is -0.480 e. The molecule has 1 aromatic carbocycles. The minimum atomic E-state index is -3.48. The largest absolute Gasteiger partial charge is 0.480 e. The van der Waals surface area contributed by atoms with Gasteiger partial charge in [-0.15, -0.1) is 11.8 Å². The number of nitrogens with zero attached hydrogens (tertiary/aromatic N) is 1. The van der Waals surface area contributed by atoms with Crippen molar-refractivity contribution in [1.82, 2.24) is 0 Å². The van der Waals surface area contributed by atoms with Crippen LogP contribution in [0.5, 0.6) is 0 Å². The lowest BCUT2D eigenvalue weighted by atomic mass is 10.2. The summed E-state index contributed by atoms with van der Waals surface area (Å²) in [6.45, 7) is 1.51. The lowest BCUT2D eigenvalue weighted by Crippen LogP contribution is -2.15. The average molecular weight is 299 g/mol. The normalized spacial score (nSPS) is 12.6. The van der Waals surface area contributed by atoms with Gasteiger partial charge >= 0.3 is 5.97 Å². The number of rotatable bonds is 6. The number of sulfone groups is 1. The van der Waals surface area contributed by atoms with Crippen molar-refractivity contribution in [3.63, 3.8) is 0 Å². The summed E-state index contributed by atoms with van der Waals surface area (Å²) >= 11 is 1.07. The number of thioether (sulfide) groups is 1. The first-order valence-electron chi connectivity index (χ1n) is 5.44. The molecule has 1 N–H and O–H groups in total. The summed E-state index contributed by atoms with van der Waals surface area (Å²) in [5, 5.41) is 16.8. The van der Waals surface area contributed by atoms with Crippen LogP contribution in [0.3, 0.4) is 0 Å². The molecule has 0 aromatic heterocycles. The zero-order valence-electron chi connectivity index (χ0n) is 10.2. The Bertz CT molecular complexity index is 604. The van der Waals surface area contributed by atoms with Crippen molar-refractivity contribution in [2.45, 2.75) is 17.1 Å². The van der Waals surface area contributed by atoms with Crippen LogP contribution < -0.4 is 0 Å². The van der Waals surface area contributed by atoms with Gasteiger partial charge in [0.2, 0.25) is 0 Å². The first kappa shape index (κ1) is 15.5. The van der Waals surface area contributed by atoms with Crippen molar-refractivity contribution >= 4 is 27.6 Å². The quantitative estimate of drug-likeness (QED) is 0.856. The smallest absolute Gasteiger partial charge is 0.316 e. The molecule has 0 aliphatic carbocycles. The molecule has 0 saturated carbocycles. The Morgan fingerprint density at radius 3 is 2.79 bits per heavy atom. The summed E-state index contributed by atoms with van der Waals surface area (Å²) in [7, 11) is -3.48. The van der Waals surface area contributed by atoms with Gasteiger partial charge < -0.3 is 5.11 Å². The molecular weight excluding hydrogens is 286 g/mol. The second-order valence-electron chi connectivity index (χ2n) is 3.81. The average Bonchev–Trinajstić information content (AvgIpc) is 2.38. The van der Waals surface area contributed by atoms with Crippen molar-refractivity contribution in [3.8, 4) is 6.07 Å². The molecule has 19 heavy (non-hydrogen) atoms. The van der Waals surface area contributed by atoms with Crippen LogP contribution >= 0.6 is 11.8 Å². The van der Waals surface area contributed by atoms with E-state index in [-0.39, 0.29) is 22.0 Å². The maximum Gasteiger partial charge on any atom is 0.316 e. The molecule has 1 rings (SSSR count). The van der Waals surface area contributed by atoms with Crippen molar-refractivity contribution in [2.24, 2.45) is 0 Å². The molecular formula is C12H13NO4S2. The third-order valence-corrected chi connectivity index (χ3v) is 5.50. The molecule has 1 atom stereocenters. The molecule has 0 aliphatic rings. The maximum absolute atomic E-state index is 12.0. The summed E-state index contributed by atoms with van der Waals surface area (Å²) in [6.07, 6.45) is 0. The number of benzene rings is 1. The molecule has 1 unspecified atom stereocenters. The molecule has 1 aromatic rings. The molecule has 0 spiro atoms. The molecule has 0 fully saturated rings. The molecule has 0 radical (unpaired) electrons. The van der Waals surface area contributed by atoms with E-state index in [0.717, 1.165) is 11.8 Å². The van der Waals surface area contributed by atoms with Crippen LogP contribution in [-0.2, 0) is 14.6 Å². The van der Waals surface area contributed by atoms with E-state index in [1.165, 1.54) is 31.2 Å². The fourth-order valence-corrected chi connectivity index (χ4v) is 3.87. The van der Waals surface area contributed by atoms with Crippen molar-refractivity contribution < 1.29 is 18.3 Å². The molecule has 0 amide bonds. The molecule has 0 bridgehead atoms. The summed E-state index contributed by atoms with van der Waals surface area (Å²) in [5.41, 5.74) is 0.285. The van der Waals surface area contributed by atoms with Gasteiger partial charge in [-0.25, -0.2) is 8.42 Å². The van der Waals surface area contributed by atoms with Gasteiger partial charge in [0.1, 0.15) is 0 Å². The number of aliphatic carboxylic acids is 1. The lowest BCUT2D eigenvalue weighted by molar-refractivity contribution is -0.136. The van der Waals surface area contributed by atoms with Crippen LogP contribution in [0.25, 0.3) is 0 Å². The van der Waals surface area contributed by atoms with E-state index in [1.54, 1.807) is 0 Å². The van der Waals surface area contributed by atoms with E-state index >= 15 is 0 Å². The zero-order valence-corrected chi connectivity index (χ0v) is 11.9. The monoisotopic (exact) mass is 299 g/mol. The van der Waals surface area contributed by atoms with Gasteiger partial charge in [0.05, 0.1) is 27.5 Å². The maximum atomic E-state index is 12.0. The highest BCUT2D eigenvalue weighted by Crippen LogP contribution is 2.16. The highest BCUT2D eigenvalue weighted by Gasteiger charge is 2.17. The third kappa shape index (κ3) is 4.58. The topological polar surface area (TPSA) is 95.2 Å². The van der Waals surface area contributed by atoms with Crippen LogP contribution in [0, 0.1) is 11.3 Å². The SMILES string of the molecule is CC(SCCS(=O)(=O)c1cccc(C#N)c1)C(=O)O. The van der Waals surface area contributed by atoms with Gasteiger partial charge in [0.25, 0.3) is 0 Å². The summed E-state index contributed by atoms with van der Waals surface area (Å²) < 4.78 is 24.0.